The van der Waals surface area contributed by atoms with Crippen LogP contribution in [0.4, 0.5) is 0 Å². The summed E-state index contributed by atoms with van der Waals surface area (Å²) in [4.78, 5) is 14.8. The Labute approximate surface area is 144 Å². The Hall–Kier alpha value is -2.74. The molecule has 1 N–H and O–H groups in total. The molecule has 0 aromatic carbocycles. The highest BCUT2D eigenvalue weighted by molar-refractivity contribution is 6.00. The fraction of sp³-hybridized carbons (Fsp3) is 0.412. The van der Waals surface area contributed by atoms with E-state index in [9.17, 15) is 4.79 Å². The number of nitrogens with zero attached hydrogens (tertiary/aromatic N) is 6. The molecule has 1 fully saturated rings. The highest BCUT2D eigenvalue weighted by atomic mass is 16.3. The summed E-state index contributed by atoms with van der Waals surface area (Å²) in [5.41, 5.74) is 2.04. The molecule has 3 aromatic rings. The zero-order valence-corrected chi connectivity index (χ0v) is 13.8. The molecule has 8 heteroatoms. The number of aliphatic hydroxyl groups excluding tert-OH is 1. The van der Waals surface area contributed by atoms with Crippen LogP contribution in [0.2, 0.25) is 0 Å². The van der Waals surface area contributed by atoms with Crippen LogP contribution in [-0.2, 0) is 13.2 Å². The van der Waals surface area contributed by atoms with Gasteiger partial charge in [0.25, 0.3) is 5.91 Å². The van der Waals surface area contributed by atoms with Crippen molar-refractivity contribution in [3.63, 3.8) is 0 Å². The maximum Gasteiger partial charge on any atom is 0.257 e. The first-order valence-electron chi connectivity index (χ1n) is 8.46. The molecule has 1 aliphatic rings. The summed E-state index contributed by atoms with van der Waals surface area (Å²) < 4.78 is 3.47. The van der Waals surface area contributed by atoms with Gasteiger partial charge < -0.3 is 10.0 Å². The topological polar surface area (TPSA) is 88.6 Å². The lowest BCUT2D eigenvalue weighted by Gasteiger charge is -2.32. The molecule has 4 rings (SSSR count). The third kappa shape index (κ3) is 3.12. The monoisotopic (exact) mass is 340 g/mol. The number of amides is 1. The maximum absolute atomic E-state index is 12.9. The average molecular weight is 340 g/mol. The first-order valence-corrected chi connectivity index (χ1v) is 8.46. The van der Waals surface area contributed by atoms with Gasteiger partial charge in [0.05, 0.1) is 30.1 Å². The number of pyridine rings is 1. The van der Waals surface area contributed by atoms with E-state index in [1.54, 1.807) is 21.6 Å². The Kier molecular flexibility index (Phi) is 4.19. The van der Waals surface area contributed by atoms with Crippen LogP contribution in [0.1, 0.15) is 28.9 Å². The average Bonchev–Trinajstić information content (AvgIpc) is 3.28. The lowest BCUT2D eigenvalue weighted by molar-refractivity contribution is 0.0661. The van der Waals surface area contributed by atoms with Gasteiger partial charge in [-0.15, -0.1) is 5.10 Å². The fourth-order valence-corrected chi connectivity index (χ4v) is 3.43. The molecule has 0 bridgehead atoms. The molecule has 130 valence electrons. The minimum Gasteiger partial charge on any atom is -0.390 e. The summed E-state index contributed by atoms with van der Waals surface area (Å²) in [7, 11) is 0. The van der Waals surface area contributed by atoms with E-state index in [4.69, 9.17) is 5.11 Å². The number of aromatic nitrogens is 5. The molecule has 1 unspecified atom stereocenters. The fourth-order valence-electron chi connectivity index (χ4n) is 3.43. The van der Waals surface area contributed by atoms with E-state index >= 15 is 0 Å². The van der Waals surface area contributed by atoms with E-state index in [-0.39, 0.29) is 12.5 Å². The number of aliphatic hydroxyl groups is 1. The summed E-state index contributed by atoms with van der Waals surface area (Å²) in [6, 6.07) is 5.72. The molecule has 0 radical (unpaired) electrons. The van der Waals surface area contributed by atoms with Crippen molar-refractivity contribution < 1.29 is 9.90 Å². The summed E-state index contributed by atoms with van der Waals surface area (Å²) in [5, 5.41) is 21.3. The molecular weight excluding hydrogens is 320 g/mol. The van der Waals surface area contributed by atoms with Gasteiger partial charge in [-0.3, -0.25) is 9.48 Å². The number of likely N-dealkylation sites (tertiary alicyclic amines) is 1. The van der Waals surface area contributed by atoms with Gasteiger partial charge >= 0.3 is 0 Å². The molecule has 3 aromatic heterocycles. The van der Waals surface area contributed by atoms with Crippen molar-refractivity contribution in [3.05, 3.63) is 48.0 Å². The normalized spacial score (nSPS) is 18.0. The van der Waals surface area contributed by atoms with Gasteiger partial charge in [0, 0.05) is 25.8 Å². The molecule has 8 nitrogen and oxygen atoms in total. The van der Waals surface area contributed by atoms with E-state index in [0.717, 1.165) is 24.9 Å². The largest absolute Gasteiger partial charge is 0.390 e. The van der Waals surface area contributed by atoms with Crippen molar-refractivity contribution in [1.82, 2.24) is 29.5 Å². The van der Waals surface area contributed by atoms with Crippen molar-refractivity contribution in [1.29, 1.82) is 0 Å². The van der Waals surface area contributed by atoms with Gasteiger partial charge in [-0.25, -0.2) is 4.52 Å². The number of rotatable bonds is 4. The van der Waals surface area contributed by atoms with E-state index < -0.39 is 0 Å². The van der Waals surface area contributed by atoms with E-state index in [1.165, 1.54) is 0 Å². The minimum absolute atomic E-state index is 0.0283. The van der Waals surface area contributed by atoms with Gasteiger partial charge in [0.15, 0.2) is 0 Å². The smallest absolute Gasteiger partial charge is 0.257 e. The Balaban J connectivity index is 1.47. The quantitative estimate of drug-likeness (QED) is 0.764. The highest BCUT2D eigenvalue weighted by Gasteiger charge is 2.26. The van der Waals surface area contributed by atoms with Gasteiger partial charge in [-0.1, -0.05) is 11.3 Å². The van der Waals surface area contributed by atoms with Crippen molar-refractivity contribution >= 4 is 11.4 Å². The van der Waals surface area contributed by atoms with Gasteiger partial charge in [-0.05, 0) is 30.9 Å². The van der Waals surface area contributed by atoms with Crippen molar-refractivity contribution in [3.8, 4) is 0 Å². The third-order valence-corrected chi connectivity index (χ3v) is 4.66. The zero-order valence-electron chi connectivity index (χ0n) is 13.8. The van der Waals surface area contributed by atoms with Crippen LogP contribution in [0.15, 0.2) is 36.8 Å². The Morgan fingerprint density at radius 1 is 1.36 bits per heavy atom. The minimum atomic E-state index is -0.107. The van der Waals surface area contributed by atoms with E-state index in [1.807, 2.05) is 29.3 Å². The lowest BCUT2D eigenvalue weighted by Crippen LogP contribution is -2.41. The molecule has 4 heterocycles. The first kappa shape index (κ1) is 15.8. The van der Waals surface area contributed by atoms with Crippen molar-refractivity contribution in [2.24, 2.45) is 5.92 Å². The first-order chi connectivity index (χ1) is 12.2. The molecular formula is C17H20N6O2. The number of carbonyl (C=O) groups excluding carboxylic acids is 1. The van der Waals surface area contributed by atoms with Crippen molar-refractivity contribution in [2.75, 3.05) is 13.1 Å². The second-order valence-corrected chi connectivity index (χ2v) is 6.44. The summed E-state index contributed by atoms with van der Waals surface area (Å²) >= 11 is 0. The van der Waals surface area contributed by atoms with Crippen LogP contribution in [0.5, 0.6) is 0 Å². The Morgan fingerprint density at radius 2 is 2.28 bits per heavy atom. The third-order valence-electron chi connectivity index (χ3n) is 4.66. The number of hydrogen-bond donors (Lipinski definition) is 1. The van der Waals surface area contributed by atoms with Crippen molar-refractivity contribution in [2.45, 2.75) is 26.0 Å². The lowest BCUT2D eigenvalue weighted by atomic mass is 9.97. The standard InChI is InChI=1S/C17H20N6O2/c24-12-14-11-22(20-19-14)10-13-4-3-6-21(9-13)17(25)15-8-18-23-7-2-1-5-16(15)23/h1-2,5,7-8,11,13,24H,3-4,6,9-10,12H2. The van der Waals surface area contributed by atoms with Crippen LogP contribution < -0.4 is 0 Å². The predicted octanol–water partition coefficient (Wildman–Crippen LogP) is 0.970. The molecule has 1 atom stereocenters. The highest BCUT2D eigenvalue weighted by Crippen LogP contribution is 2.21. The predicted molar refractivity (Wildman–Crippen MR) is 89.8 cm³/mol. The number of carbonyl (C=O) groups is 1. The molecule has 0 saturated carbocycles. The molecule has 0 aliphatic carbocycles. The van der Waals surface area contributed by atoms with Crippen LogP contribution in [0.25, 0.3) is 5.52 Å². The number of hydrogen-bond acceptors (Lipinski definition) is 5. The molecule has 1 aliphatic heterocycles. The Morgan fingerprint density at radius 3 is 3.12 bits per heavy atom. The maximum atomic E-state index is 12.9. The number of fused-ring (bicyclic) bond motifs is 1. The van der Waals surface area contributed by atoms with Crippen LogP contribution in [0, 0.1) is 5.92 Å². The van der Waals surface area contributed by atoms with E-state index in [0.29, 0.717) is 30.3 Å². The van der Waals surface area contributed by atoms with Crippen LogP contribution >= 0.6 is 0 Å². The summed E-state index contributed by atoms with van der Waals surface area (Å²) in [6.07, 6.45) is 7.26. The summed E-state index contributed by atoms with van der Waals surface area (Å²) in [5.74, 6) is 0.355. The zero-order chi connectivity index (χ0) is 17.2. The van der Waals surface area contributed by atoms with Crippen LogP contribution in [-0.4, -0.2) is 53.6 Å². The molecule has 1 saturated heterocycles. The van der Waals surface area contributed by atoms with Crippen LogP contribution in [0.3, 0.4) is 0 Å². The molecule has 0 spiro atoms. The van der Waals surface area contributed by atoms with Gasteiger partial charge in [0.2, 0.25) is 0 Å². The van der Waals surface area contributed by atoms with E-state index in [2.05, 4.69) is 15.4 Å². The second kappa shape index (κ2) is 6.64. The Bertz CT molecular complexity index is 886. The number of piperidine rings is 1. The molecule has 1 amide bonds. The SMILES string of the molecule is O=C(c1cnn2ccccc12)N1CCCC(Cn2cc(CO)nn2)C1. The van der Waals surface area contributed by atoms with Gasteiger partial charge in [0.1, 0.15) is 5.69 Å². The van der Waals surface area contributed by atoms with Gasteiger partial charge in [-0.2, -0.15) is 5.10 Å². The molecule has 25 heavy (non-hydrogen) atoms. The second-order valence-electron chi connectivity index (χ2n) is 6.44. The summed E-state index contributed by atoms with van der Waals surface area (Å²) in [6.45, 7) is 2.05.